The molecule has 6 heteroatoms. The summed E-state index contributed by atoms with van der Waals surface area (Å²) in [6.07, 6.45) is 0.769. The Balaban J connectivity index is -0.000000245. The van der Waals surface area contributed by atoms with E-state index in [2.05, 4.69) is 0 Å². The third-order valence-corrected chi connectivity index (χ3v) is 0.355. The maximum absolute atomic E-state index is 9.41. The van der Waals surface area contributed by atoms with Gasteiger partial charge in [0.15, 0.2) is 0 Å². The molecule has 0 unspecified atom stereocenters. The number of carboxylic acids is 2. The number of rotatable bonds is 2. The molecule has 0 radical (unpaired) electrons. The van der Waals surface area contributed by atoms with Crippen molar-refractivity contribution < 1.29 is 49.4 Å². The molecule has 0 amide bonds. The zero-order chi connectivity index (χ0) is 6.57. The Morgan fingerprint density at radius 2 is 1.20 bits per heavy atom. The van der Waals surface area contributed by atoms with E-state index in [-0.39, 0.29) is 52.6 Å². The van der Waals surface area contributed by atoms with Crippen LogP contribution < -0.4 is 39.8 Å². The van der Waals surface area contributed by atoms with Crippen molar-refractivity contribution >= 4 is 35.0 Å². The summed E-state index contributed by atoms with van der Waals surface area (Å²) < 4.78 is 0. The Kier molecular flexibility index (Phi) is 15.9. The van der Waals surface area contributed by atoms with Gasteiger partial charge in [0.25, 0.3) is 0 Å². The van der Waals surface area contributed by atoms with E-state index < -0.39 is 11.9 Å². The average molecular weight is 161 g/mol. The zero-order valence-corrected chi connectivity index (χ0v) is 8.91. The van der Waals surface area contributed by atoms with Crippen molar-refractivity contribution in [1.82, 2.24) is 0 Å². The van der Waals surface area contributed by atoms with Gasteiger partial charge in [-0.1, -0.05) is 0 Å². The van der Waals surface area contributed by atoms with Crippen LogP contribution in [0.5, 0.6) is 0 Å². The summed E-state index contributed by atoms with van der Waals surface area (Å²) in [4.78, 5) is 18.8. The third-order valence-electron chi connectivity index (χ3n) is 0.355. The summed E-state index contributed by atoms with van der Waals surface area (Å²) in [5, 5.41) is 18.8. The summed E-state index contributed by atoms with van der Waals surface area (Å²) in [6, 6.07) is 0. The quantitative estimate of drug-likeness (QED) is 0.298. The Hall–Kier alpha value is 0.446. The van der Waals surface area contributed by atoms with Crippen LogP contribution in [-0.2, 0) is 9.59 Å². The predicted molar refractivity (Wildman–Crippen MR) is 24.9 cm³/mol. The van der Waals surface area contributed by atoms with Gasteiger partial charge in [-0.2, -0.15) is 0 Å². The van der Waals surface area contributed by atoms with Crippen molar-refractivity contribution in [3.8, 4) is 0 Å². The van der Waals surface area contributed by atoms with Crippen LogP contribution in [0, 0.1) is 0 Å². The van der Waals surface area contributed by atoms with E-state index in [1.165, 1.54) is 0 Å². The first-order valence-electron chi connectivity index (χ1n) is 1.73. The van der Waals surface area contributed by atoms with Gasteiger partial charge in [0.05, 0.1) is 11.9 Å². The van der Waals surface area contributed by atoms with Crippen molar-refractivity contribution in [2.45, 2.75) is 0 Å². The Bertz CT molecular complexity index is 128. The minimum Gasteiger partial charge on any atom is -0.545 e. The minimum atomic E-state index is -1.55. The molecule has 10 heavy (non-hydrogen) atoms. The first-order valence-corrected chi connectivity index (χ1v) is 1.73. The number of hydrogen-bond donors (Lipinski definition) is 0. The number of carboxylic acid groups (broad SMARTS) is 2. The van der Waals surface area contributed by atoms with Gasteiger partial charge in [-0.25, -0.2) is 0 Å². The van der Waals surface area contributed by atoms with Crippen LogP contribution >= 0.6 is 0 Å². The number of carbonyl (C=O) groups is 2. The maximum atomic E-state index is 9.41. The first-order chi connectivity index (χ1) is 3.63. The predicted octanol–water partition coefficient (Wildman–Crippen LogP) is -6.33. The van der Waals surface area contributed by atoms with Gasteiger partial charge in [-0.15, -0.1) is 0 Å². The largest absolute Gasteiger partial charge is 2.00 e. The molecule has 0 atom stereocenters. The van der Waals surface area contributed by atoms with Crippen LogP contribution in [0.2, 0.25) is 0 Å². The molecule has 0 aromatic carbocycles. The fraction of sp³-hybridized carbons (Fsp3) is 0. The molecule has 44 valence electrons. The molecular formula is C4H2MgNaO4+. The van der Waals surface area contributed by atoms with Gasteiger partial charge in [0.2, 0.25) is 0 Å². The maximum Gasteiger partial charge on any atom is 2.00 e. The number of carbonyl (C=O) groups excluding carboxylic acids is 2. The van der Waals surface area contributed by atoms with E-state index >= 15 is 0 Å². The normalized spacial score (nSPS) is 7.60. The number of aliphatic carboxylic acids is 2. The van der Waals surface area contributed by atoms with E-state index in [0.29, 0.717) is 12.2 Å². The van der Waals surface area contributed by atoms with Crippen molar-refractivity contribution in [1.29, 1.82) is 0 Å². The summed E-state index contributed by atoms with van der Waals surface area (Å²) >= 11 is 0. The van der Waals surface area contributed by atoms with Gasteiger partial charge < -0.3 is 19.8 Å². The third kappa shape index (κ3) is 15.8. The summed E-state index contributed by atoms with van der Waals surface area (Å²) in [5.41, 5.74) is 0. The molecule has 4 nitrogen and oxygen atoms in total. The molecule has 0 aliphatic heterocycles. The molecule has 0 saturated heterocycles. The molecule has 0 bridgehead atoms. The van der Waals surface area contributed by atoms with E-state index in [4.69, 9.17) is 0 Å². The fourth-order valence-electron chi connectivity index (χ4n) is 0.136. The molecule has 0 aliphatic carbocycles. The van der Waals surface area contributed by atoms with Crippen LogP contribution in [0.3, 0.4) is 0 Å². The second-order valence-corrected chi connectivity index (χ2v) is 0.971. The summed E-state index contributed by atoms with van der Waals surface area (Å²) in [7, 11) is 0. The van der Waals surface area contributed by atoms with Crippen molar-refractivity contribution in [2.24, 2.45) is 0 Å². The van der Waals surface area contributed by atoms with Gasteiger partial charge in [-0.05, 0) is 12.2 Å². The van der Waals surface area contributed by atoms with E-state index in [9.17, 15) is 19.8 Å². The molecule has 0 N–H and O–H groups in total. The van der Waals surface area contributed by atoms with Crippen molar-refractivity contribution in [3.63, 3.8) is 0 Å². The Morgan fingerprint density at radius 3 is 1.30 bits per heavy atom. The molecule has 0 aromatic heterocycles. The van der Waals surface area contributed by atoms with Gasteiger partial charge in [0, 0.05) is 0 Å². The Labute approximate surface area is 95.7 Å². The molecule has 0 rings (SSSR count). The van der Waals surface area contributed by atoms with Crippen molar-refractivity contribution in [3.05, 3.63) is 12.2 Å². The SMILES string of the molecule is O=C([O-])/C=C\C(=O)[O-].[Mg+2].[Na+]. The molecule has 0 heterocycles. The van der Waals surface area contributed by atoms with Crippen LogP contribution in [-0.4, -0.2) is 35.0 Å². The van der Waals surface area contributed by atoms with Crippen LogP contribution in [0.25, 0.3) is 0 Å². The van der Waals surface area contributed by atoms with E-state index in [1.807, 2.05) is 0 Å². The topological polar surface area (TPSA) is 80.3 Å². The zero-order valence-electron chi connectivity index (χ0n) is 5.49. The minimum absolute atomic E-state index is 0. The second-order valence-electron chi connectivity index (χ2n) is 0.971. The second kappa shape index (κ2) is 9.45. The van der Waals surface area contributed by atoms with Gasteiger partial charge in [0.1, 0.15) is 0 Å². The Morgan fingerprint density at radius 1 is 1.00 bits per heavy atom. The summed E-state index contributed by atoms with van der Waals surface area (Å²) in [5.74, 6) is -3.09. The molecule has 0 aliphatic rings. The summed E-state index contributed by atoms with van der Waals surface area (Å²) in [6.45, 7) is 0. The monoisotopic (exact) mass is 161 g/mol. The average Bonchev–Trinajstić information content (AvgIpc) is 1.61. The molecule has 0 fully saturated rings. The van der Waals surface area contributed by atoms with E-state index in [1.54, 1.807) is 0 Å². The molecule has 0 saturated carbocycles. The fourth-order valence-corrected chi connectivity index (χ4v) is 0.136. The van der Waals surface area contributed by atoms with Gasteiger partial charge >= 0.3 is 52.6 Å². The van der Waals surface area contributed by atoms with E-state index in [0.717, 1.165) is 0 Å². The molecule has 0 aromatic rings. The van der Waals surface area contributed by atoms with Crippen LogP contribution in [0.15, 0.2) is 12.2 Å². The van der Waals surface area contributed by atoms with Crippen LogP contribution in [0.4, 0.5) is 0 Å². The standard InChI is InChI=1S/C4H4O4.Mg.Na/c5-3(6)1-2-4(7)8;;/h1-2H,(H,5,6)(H,7,8);;/q;+2;+1/p-2/b2-1-;;. The van der Waals surface area contributed by atoms with Crippen molar-refractivity contribution in [2.75, 3.05) is 0 Å². The molecule has 0 spiro atoms. The number of hydrogen-bond acceptors (Lipinski definition) is 4. The van der Waals surface area contributed by atoms with Crippen LogP contribution in [0.1, 0.15) is 0 Å². The molecular weight excluding hydrogens is 159 g/mol. The smallest absolute Gasteiger partial charge is 0.545 e. The van der Waals surface area contributed by atoms with Gasteiger partial charge in [-0.3, -0.25) is 0 Å². The first kappa shape index (κ1) is 16.8.